The topological polar surface area (TPSA) is 46.2 Å². The molecule has 0 spiro atoms. The minimum atomic E-state index is -3.86. The van der Waals surface area contributed by atoms with Crippen molar-refractivity contribution in [3.8, 4) is 0 Å². The van der Waals surface area contributed by atoms with Gasteiger partial charge in [0.2, 0.25) is 10.0 Å². The fourth-order valence-electron chi connectivity index (χ4n) is 2.22. The summed E-state index contributed by atoms with van der Waals surface area (Å²) in [6.45, 7) is 0.270. The quantitative estimate of drug-likeness (QED) is 0.655. The average Bonchev–Trinajstić information content (AvgIpc) is 2.79. The molecule has 1 aliphatic rings. The zero-order chi connectivity index (χ0) is 14.9. The van der Waals surface area contributed by atoms with Crippen molar-refractivity contribution in [2.45, 2.75) is 29.5 Å². The highest BCUT2D eigenvalue weighted by atomic mass is 35.5. The van der Waals surface area contributed by atoms with Gasteiger partial charge in [0.1, 0.15) is 4.90 Å². The zero-order valence-electron chi connectivity index (χ0n) is 10.4. The molecule has 1 aliphatic carbocycles. The summed E-state index contributed by atoms with van der Waals surface area (Å²) in [5.74, 6) is -0.735. The first-order valence-electron chi connectivity index (χ1n) is 6.08. The third-order valence-corrected chi connectivity index (χ3v) is 5.96. The third kappa shape index (κ3) is 3.57. The van der Waals surface area contributed by atoms with Crippen LogP contribution in [0.4, 0.5) is 4.39 Å². The Morgan fingerprint density at radius 1 is 1.30 bits per heavy atom. The molecular weight excluding hydrogens is 348 g/mol. The Hall–Kier alpha value is -0.0700. The smallest absolute Gasteiger partial charge is 0.211 e. The highest BCUT2D eigenvalue weighted by Gasteiger charge is 2.26. The van der Waals surface area contributed by atoms with E-state index in [9.17, 15) is 12.8 Å². The molecule has 0 heterocycles. The van der Waals surface area contributed by atoms with Crippen molar-refractivity contribution in [3.05, 3.63) is 28.0 Å². The predicted molar refractivity (Wildman–Crippen MR) is 78.6 cm³/mol. The second-order valence-electron chi connectivity index (χ2n) is 4.80. The lowest BCUT2D eigenvalue weighted by Gasteiger charge is -2.13. The predicted octanol–water partition coefficient (Wildman–Crippen LogP) is 3.82. The summed E-state index contributed by atoms with van der Waals surface area (Å²) >= 11 is 17.2. The lowest BCUT2D eigenvalue weighted by Crippen LogP contribution is -2.29. The molecule has 1 fully saturated rings. The number of rotatable bonds is 4. The fraction of sp³-hybridized carbons (Fsp3) is 0.500. The first kappa shape index (κ1) is 16.3. The van der Waals surface area contributed by atoms with E-state index in [0.29, 0.717) is 0 Å². The average molecular weight is 361 g/mol. The van der Waals surface area contributed by atoms with Crippen LogP contribution in [0.25, 0.3) is 0 Å². The molecule has 0 amide bonds. The van der Waals surface area contributed by atoms with E-state index < -0.39 is 20.9 Å². The molecule has 1 aromatic rings. The number of sulfonamides is 1. The Balaban J connectivity index is 2.13. The Labute approximate surface area is 132 Å². The van der Waals surface area contributed by atoms with Gasteiger partial charge in [-0.25, -0.2) is 17.5 Å². The van der Waals surface area contributed by atoms with E-state index in [-0.39, 0.29) is 27.8 Å². The summed E-state index contributed by atoms with van der Waals surface area (Å²) in [7, 11) is -3.86. The number of nitrogens with one attached hydrogen (secondary N) is 1. The van der Waals surface area contributed by atoms with E-state index >= 15 is 0 Å². The number of benzene rings is 1. The fourth-order valence-corrected chi connectivity index (χ4v) is 4.46. The van der Waals surface area contributed by atoms with Crippen molar-refractivity contribution < 1.29 is 12.8 Å². The van der Waals surface area contributed by atoms with Gasteiger partial charge in [0.15, 0.2) is 5.82 Å². The van der Waals surface area contributed by atoms with Crippen LogP contribution in [-0.4, -0.2) is 20.3 Å². The van der Waals surface area contributed by atoms with Gasteiger partial charge < -0.3 is 0 Å². The van der Waals surface area contributed by atoms with Crippen LogP contribution in [0.5, 0.6) is 0 Å². The van der Waals surface area contributed by atoms with E-state index in [0.717, 1.165) is 19.3 Å². The summed E-state index contributed by atoms with van der Waals surface area (Å²) in [4.78, 5) is -0.304. The van der Waals surface area contributed by atoms with Crippen molar-refractivity contribution >= 4 is 44.8 Å². The Bertz CT molecular complexity index is 609. The molecule has 8 heteroatoms. The van der Waals surface area contributed by atoms with Crippen molar-refractivity contribution in [2.24, 2.45) is 5.92 Å². The highest BCUT2D eigenvalue weighted by molar-refractivity contribution is 7.89. The largest absolute Gasteiger partial charge is 0.242 e. The van der Waals surface area contributed by atoms with Crippen molar-refractivity contribution in [3.63, 3.8) is 0 Å². The van der Waals surface area contributed by atoms with Gasteiger partial charge in [-0.15, -0.1) is 11.6 Å². The molecule has 3 nitrogen and oxygen atoms in total. The van der Waals surface area contributed by atoms with Crippen LogP contribution in [0, 0.1) is 11.7 Å². The van der Waals surface area contributed by atoms with E-state index in [2.05, 4.69) is 4.72 Å². The molecule has 2 atom stereocenters. The lowest BCUT2D eigenvalue weighted by atomic mass is 10.1. The third-order valence-electron chi connectivity index (χ3n) is 3.33. The molecule has 2 rings (SSSR count). The van der Waals surface area contributed by atoms with Gasteiger partial charge in [-0.3, -0.25) is 0 Å². The van der Waals surface area contributed by atoms with Crippen LogP contribution in [0.2, 0.25) is 10.0 Å². The van der Waals surface area contributed by atoms with Crippen LogP contribution < -0.4 is 4.72 Å². The van der Waals surface area contributed by atoms with Crippen LogP contribution in [0.3, 0.4) is 0 Å². The van der Waals surface area contributed by atoms with Gasteiger partial charge in [-0.05, 0) is 37.3 Å². The van der Waals surface area contributed by atoms with Crippen molar-refractivity contribution in [2.75, 3.05) is 6.54 Å². The molecule has 0 bridgehead atoms. The van der Waals surface area contributed by atoms with Crippen LogP contribution in [0.1, 0.15) is 19.3 Å². The van der Waals surface area contributed by atoms with Crippen LogP contribution in [0.15, 0.2) is 17.0 Å². The van der Waals surface area contributed by atoms with Gasteiger partial charge in [0, 0.05) is 11.9 Å². The van der Waals surface area contributed by atoms with Gasteiger partial charge in [0.05, 0.1) is 10.0 Å². The maximum atomic E-state index is 13.5. The zero-order valence-corrected chi connectivity index (χ0v) is 13.5. The molecule has 0 radical (unpaired) electrons. The van der Waals surface area contributed by atoms with Crippen LogP contribution in [-0.2, 0) is 10.0 Å². The standard InChI is InChI=1S/C12H13Cl3FNO2S/c13-8-2-1-7(5-8)6-17-20(18,19)10-4-3-9(14)12(16)11(10)15/h3-4,7-8,17H,1-2,5-6H2. The van der Waals surface area contributed by atoms with Gasteiger partial charge in [-0.2, -0.15) is 0 Å². The minimum absolute atomic E-state index is 0.0982. The van der Waals surface area contributed by atoms with Crippen molar-refractivity contribution in [1.82, 2.24) is 4.72 Å². The second kappa shape index (κ2) is 6.36. The normalized spacial score (nSPS) is 23.2. The molecule has 1 N–H and O–H groups in total. The maximum Gasteiger partial charge on any atom is 0.242 e. The molecular formula is C12H13Cl3FNO2S. The Morgan fingerprint density at radius 2 is 2.00 bits per heavy atom. The lowest BCUT2D eigenvalue weighted by molar-refractivity contribution is 0.519. The second-order valence-corrected chi connectivity index (χ2v) is 7.94. The van der Waals surface area contributed by atoms with Gasteiger partial charge in [0.25, 0.3) is 0 Å². The van der Waals surface area contributed by atoms with E-state index in [1.165, 1.54) is 12.1 Å². The number of halogens is 4. The molecule has 1 saturated carbocycles. The first-order chi connectivity index (χ1) is 9.31. The molecule has 0 saturated heterocycles. The number of alkyl halides is 1. The summed E-state index contributed by atoms with van der Waals surface area (Å²) in [5, 5.41) is -0.609. The van der Waals surface area contributed by atoms with Crippen molar-refractivity contribution in [1.29, 1.82) is 0 Å². The number of hydrogen-bond donors (Lipinski definition) is 1. The molecule has 20 heavy (non-hydrogen) atoms. The molecule has 0 aromatic heterocycles. The first-order valence-corrected chi connectivity index (χ1v) is 8.76. The monoisotopic (exact) mass is 359 g/mol. The van der Waals surface area contributed by atoms with E-state index in [1.54, 1.807) is 0 Å². The summed E-state index contributed by atoms with van der Waals surface area (Å²) in [5.41, 5.74) is 0. The summed E-state index contributed by atoms with van der Waals surface area (Å²) in [6.07, 6.45) is 2.52. The molecule has 0 aliphatic heterocycles. The maximum absolute atomic E-state index is 13.5. The van der Waals surface area contributed by atoms with E-state index in [4.69, 9.17) is 34.8 Å². The highest BCUT2D eigenvalue weighted by Crippen LogP contribution is 2.31. The minimum Gasteiger partial charge on any atom is -0.211 e. The summed E-state index contributed by atoms with van der Waals surface area (Å²) in [6, 6.07) is 2.36. The van der Waals surface area contributed by atoms with E-state index in [1.807, 2.05) is 0 Å². The summed E-state index contributed by atoms with van der Waals surface area (Å²) < 4.78 is 40.2. The van der Waals surface area contributed by atoms with Crippen LogP contribution >= 0.6 is 34.8 Å². The van der Waals surface area contributed by atoms with Gasteiger partial charge >= 0.3 is 0 Å². The molecule has 112 valence electrons. The Kier molecular flexibility index (Phi) is 5.19. The number of hydrogen-bond acceptors (Lipinski definition) is 2. The molecule has 1 aromatic carbocycles. The Morgan fingerprint density at radius 3 is 2.60 bits per heavy atom. The van der Waals surface area contributed by atoms with Gasteiger partial charge in [-0.1, -0.05) is 23.2 Å². The SMILES string of the molecule is O=S(=O)(NCC1CCC(Cl)C1)c1ccc(Cl)c(F)c1Cl. The molecule has 2 unspecified atom stereocenters.